The van der Waals surface area contributed by atoms with Crippen LogP contribution in [-0.4, -0.2) is 45.4 Å². The molecule has 0 aliphatic heterocycles. The van der Waals surface area contributed by atoms with Gasteiger partial charge in [-0.1, -0.05) is 24.0 Å². The number of benzene rings is 1. The molecule has 0 unspecified atom stereocenters. The number of aliphatic carboxylic acids is 2. The van der Waals surface area contributed by atoms with Crippen LogP contribution in [0.2, 0.25) is 0 Å². The normalized spacial score (nSPS) is 8.88. The molecule has 0 aliphatic carbocycles. The zero-order chi connectivity index (χ0) is 17.8. The van der Waals surface area contributed by atoms with Crippen LogP contribution in [0.1, 0.15) is 0 Å². The van der Waals surface area contributed by atoms with Crippen molar-refractivity contribution < 1.29 is 29.3 Å². The number of carbonyl (C=O) groups is 2. The lowest BCUT2D eigenvalue weighted by Crippen LogP contribution is -2.09. The van der Waals surface area contributed by atoms with Crippen molar-refractivity contribution in [1.29, 1.82) is 0 Å². The number of carboxylic acids is 2. The second-order valence-corrected chi connectivity index (χ2v) is 4.14. The molecule has 1 aromatic heterocycles. The van der Waals surface area contributed by atoms with E-state index in [1.165, 1.54) is 0 Å². The smallest absolute Gasteiger partial charge is 0.414 e. The number of rotatable bonds is 4. The van der Waals surface area contributed by atoms with Gasteiger partial charge in [0.15, 0.2) is 11.5 Å². The van der Waals surface area contributed by atoms with E-state index in [1.54, 1.807) is 19.6 Å². The number of imidazole rings is 1. The molecule has 0 aliphatic rings. The number of nitrogens with zero attached hydrogens (tertiary/aromatic N) is 2. The minimum absolute atomic E-state index is 0.342. The Morgan fingerprint density at radius 3 is 2.38 bits per heavy atom. The van der Waals surface area contributed by atoms with Gasteiger partial charge in [-0.25, -0.2) is 14.6 Å². The van der Waals surface area contributed by atoms with Crippen LogP contribution < -0.4 is 9.47 Å². The molecule has 24 heavy (non-hydrogen) atoms. The zero-order valence-electron chi connectivity index (χ0n) is 12.9. The summed E-state index contributed by atoms with van der Waals surface area (Å²) in [5.74, 6) is 3.72. The van der Waals surface area contributed by atoms with Crippen LogP contribution in [0.3, 0.4) is 0 Å². The summed E-state index contributed by atoms with van der Waals surface area (Å²) in [5, 5.41) is 14.8. The molecule has 0 saturated heterocycles. The van der Waals surface area contributed by atoms with Gasteiger partial charge in [0.1, 0.15) is 6.61 Å². The second kappa shape index (κ2) is 10.3. The molecule has 2 aromatic rings. The predicted octanol–water partition coefficient (Wildman–Crippen LogP) is 1.13. The number of hydrogen-bond acceptors (Lipinski definition) is 5. The molecule has 8 nitrogen and oxygen atoms in total. The fourth-order valence-corrected chi connectivity index (χ4v) is 1.43. The molecule has 2 rings (SSSR count). The number of methoxy groups -OCH3 is 1. The highest BCUT2D eigenvalue weighted by Crippen LogP contribution is 2.25. The van der Waals surface area contributed by atoms with Gasteiger partial charge in [0, 0.05) is 12.4 Å². The molecule has 8 heteroatoms. The van der Waals surface area contributed by atoms with Gasteiger partial charge in [-0.15, -0.1) is 0 Å². The average molecular weight is 332 g/mol. The Morgan fingerprint density at radius 1 is 1.17 bits per heavy atom. The van der Waals surface area contributed by atoms with Gasteiger partial charge in [-0.05, 0) is 12.1 Å². The van der Waals surface area contributed by atoms with E-state index in [0.717, 1.165) is 0 Å². The largest absolute Gasteiger partial charge is 0.493 e. The lowest BCUT2D eigenvalue weighted by atomic mass is 10.3. The number of hydrogen-bond donors (Lipinski definition) is 2. The zero-order valence-corrected chi connectivity index (χ0v) is 12.9. The first-order valence-electron chi connectivity index (χ1n) is 6.68. The van der Waals surface area contributed by atoms with Crippen LogP contribution in [0.15, 0.2) is 43.0 Å². The Morgan fingerprint density at radius 2 is 1.83 bits per heavy atom. The summed E-state index contributed by atoms with van der Waals surface area (Å²) in [4.78, 5) is 22.1. The molecule has 2 N–H and O–H groups in total. The quantitative estimate of drug-likeness (QED) is 0.638. The van der Waals surface area contributed by atoms with E-state index >= 15 is 0 Å². The lowest BCUT2D eigenvalue weighted by molar-refractivity contribution is -0.159. The maximum Gasteiger partial charge on any atom is 0.414 e. The summed E-state index contributed by atoms with van der Waals surface area (Å²) in [6, 6.07) is 7.51. The third-order valence-electron chi connectivity index (χ3n) is 2.50. The maximum absolute atomic E-state index is 9.10. The first-order chi connectivity index (χ1) is 11.5. The number of ether oxygens (including phenoxy) is 2. The maximum atomic E-state index is 9.10. The SMILES string of the molecule is COc1ccccc1OCC#CCn1ccnc1.O=C(O)C(=O)O. The molecule has 0 bridgehead atoms. The molecule has 0 saturated carbocycles. The summed E-state index contributed by atoms with van der Waals surface area (Å²) in [6.07, 6.45) is 5.33. The lowest BCUT2D eigenvalue weighted by Gasteiger charge is -2.07. The minimum Gasteiger partial charge on any atom is -0.493 e. The summed E-state index contributed by atoms with van der Waals surface area (Å²) < 4.78 is 12.6. The third-order valence-corrected chi connectivity index (χ3v) is 2.50. The van der Waals surface area contributed by atoms with E-state index in [1.807, 2.05) is 35.0 Å². The van der Waals surface area contributed by atoms with Crippen LogP contribution in [0.25, 0.3) is 0 Å². The third kappa shape index (κ3) is 7.00. The molecule has 1 heterocycles. The van der Waals surface area contributed by atoms with Crippen molar-refractivity contribution in [3.05, 3.63) is 43.0 Å². The van der Waals surface area contributed by atoms with Crippen molar-refractivity contribution in [3.8, 4) is 23.3 Å². The summed E-state index contributed by atoms with van der Waals surface area (Å²) in [6.45, 7) is 0.963. The van der Waals surface area contributed by atoms with E-state index in [4.69, 9.17) is 29.3 Å². The fourth-order valence-electron chi connectivity index (χ4n) is 1.43. The Hall–Kier alpha value is -3.47. The number of aromatic nitrogens is 2. The molecule has 126 valence electrons. The van der Waals surface area contributed by atoms with Crippen LogP contribution in [0, 0.1) is 11.8 Å². The Balaban J connectivity index is 0.000000413. The minimum atomic E-state index is -1.82. The monoisotopic (exact) mass is 332 g/mol. The molecular formula is C16H16N2O6. The van der Waals surface area contributed by atoms with Crippen molar-refractivity contribution in [2.45, 2.75) is 6.54 Å². The molecule has 0 radical (unpaired) electrons. The van der Waals surface area contributed by atoms with Gasteiger partial charge >= 0.3 is 11.9 Å². The summed E-state index contributed by atoms with van der Waals surface area (Å²) >= 11 is 0. The van der Waals surface area contributed by atoms with Crippen molar-refractivity contribution in [2.24, 2.45) is 0 Å². The van der Waals surface area contributed by atoms with E-state index in [2.05, 4.69) is 16.8 Å². The summed E-state index contributed by atoms with van der Waals surface area (Å²) in [5.41, 5.74) is 0. The fraction of sp³-hybridized carbons (Fsp3) is 0.188. The predicted molar refractivity (Wildman–Crippen MR) is 83.8 cm³/mol. The van der Waals surface area contributed by atoms with Crippen molar-refractivity contribution >= 4 is 11.9 Å². The molecule has 0 amide bonds. The van der Waals surface area contributed by atoms with Crippen molar-refractivity contribution in [3.63, 3.8) is 0 Å². The van der Waals surface area contributed by atoms with E-state index < -0.39 is 11.9 Å². The van der Waals surface area contributed by atoms with Gasteiger partial charge < -0.3 is 24.3 Å². The van der Waals surface area contributed by atoms with Crippen molar-refractivity contribution in [1.82, 2.24) is 9.55 Å². The van der Waals surface area contributed by atoms with Gasteiger partial charge in [0.05, 0.1) is 20.0 Å². The highest BCUT2D eigenvalue weighted by molar-refractivity contribution is 6.27. The molecule has 0 fully saturated rings. The second-order valence-electron chi connectivity index (χ2n) is 4.14. The van der Waals surface area contributed by atoms with Crippen LogP contribution >= 0.6 is 0 Å². The van der Waals surface area contributed by atoms with Crippen LogP contribution in [-0.2, 0) is 16.1 Å². The van der Waals surface area contributed by atoms with Crippen molar-refractivity contribution in [2.75, 3.05) is 13.7 Å². The number of carboxylic acid groups (broad SMARTS) is 2. The van der Waals surface area contributed by atoms with Gasteiger partial charge in [-0.2, -0.15) is 0 Å². The summed E-state index contributed by atoms with van der Waals surface area (Å²) in [7, 11) is 1.62. The first kappa shape index (κ1) is 18.6. The highest BCUT2D eigenvalue weighted by Gasteiger charge is 2.04. The van der Waals surface area contributed by atoms with Gasteiger partial charge in [0.2, 0.25) is 0 Å². The highest BCUT2D eigenvalue weighted by atomic mass is 16.5. The van der Waals surface area contributed by atoms with E-state index in [9.17, 15) is 0 Å². The Kier molecular flexibility index (Phi) is 7.96. The van der Waals surface area contributed by atoms with E-state index in [0.29, 0.717) is 24.7 Å². The number of para-hydroxylation sites is 2. The standard InChI is InChI=1S/C14H14N2O2.C2H2O4/c1-17-13-6-2-3-7-14(13)18-11-5-4-9-16-10-8-15-12-16;3-1(4)2(5)6/h2-3,6-8,10,12H,9,11H2,1H3;(H,3,4)(H,5,6). The van der Waals surface area contributed by atoms with E-state index in [-0.39, 0.29) is 0 Å². The van der Waals surface area contributed by atoms with Crippen LogP contribution in [0.4, 0.5) is 0 Å². The molecule has 0 atom stereocenters. The average Bonchev–Trinajstić information content (AvgIpc) is 3.09. The molecule has 1 aromatic carbocycles. The molecular weight excluding hydrogens is 316 g/mol. The van der Waals surface area contributed by atoms with Gasteiger partial charge in [0.25, 0.3) is 0 Å². The topological polar surface area (TPSA) is 111 Å². The van der Waals surface area contributed by atoms with Crippen LogP contribution in [0.5, 0.6) is 11.5 Å². The first-order valence-corrected chi connectivity index (χ1v) is 6.68. The molecule has 0 spiro atoms. The Labute approximate surface area is 138 Å². The Bertz CT molecular complexity index is 704. The van der Waals surface area contributed by atoms with Gasteiger partial charge in [-0.3, -0.25) is 0 Å².